The minimum Gasteiger partial charge on any atom is -0.334 e. The number of urea groups is 1. The first-order chi connectivity index (χ1) is 9.56. The average Bonchev–Trinajstić information content (AvgIpc) is 2.82. The largest absolute Gasteiger partial charge is 0.334 e. The van der Waals surface area contributed by atoms with E-state index in [1.54, 1.807) is 22.8 Å². The molecule has 0 saturated heterocycles. The lowest BCUT2D eigenvalue weighted by Gasteiger charge is -2.17. The average molecular weight is 272 g/mol. The van der Waals surface area contributed by atoms with Gasteiger partial charge in [0.05, 0.1) is 12.7 Å². The van der Waals surface area contributed by atoms with Gasteiger partial charge < -0.3 is 10.2 Å². The van der Waals surface area contributed by atoms with Crippen LogP contribution in [0.15, 0.2) is 36.7 Å². The molecule has 20 heavy (non-hydrogen) atoms. The summed E-state index contributed by atoms with van der Waals surface area (Å²) < 4.78 is 1.73. The Morgan fingerprint density at radius 1 is 1.40 bits per heavy atom. The van der Waals surface area contributed by atoms with Crippen LogP contribution < -0.4 is 5.32 Å². The minimum atomic E-state index is -0.0860. The number of amides is 2. The molecule has 2 aromatic rings. The smallest absolute Gasteiger partial charge is 0.317 e. The number of benzene rings is 1. The van der Waals surface area contributed by atoms with Gasteiger partial charge >= 0.3 is 6.03 Å². The van der Waals surface area contributed by atoms with E-state index in [0.29, 0.717) is 13.1 Å². The van der Waals surface area contributed by atoms with E-state index in [1.807, 2.05) is 44.4 Å². The third-order valence-electron chi connectivity index (χ3n) is 3.22. The molecule has 0 saturated carbocycles. The number of hydrogen-bond acceptors (Lipinski definition) is 2. The third kappa shape index (κ3) is 3.60. The van der Waals surface area contributed by atoms with Gasteiger partial charge in [-0.25, -0.2) is 4.79 Å². The first kappa shape index (κ1) is 14.1. The Hall–Kier alpha value is -2.30. The second-order valence-electron chi connectivity index (χ2n) is 4.96. The van der Waals surface area contributed by atoms with Crippen LogP contribution in [0.2, 0.25) is 0 Å². The molecule has 0 aliphatic carbocycles. The van der Waals surface area contributed by atoms with E-state index in [4.69, 9.17) is 0 Å². The molecule has 0 unspecified atom stereocenters. The van der Waals surface area contributed by atoms with Gasteiger partial charge in [0, 0.05) is 32.4 Å². The molecule has 0 aliphatic heterocycles. The van der Waals surface area contributed by atoms with Crippen molar-refractivity contribution in [2.45, 2.75) is 20.0 Å². The molecular formula is C15H20N4O. The molecule has 0 atom stereocenters. The molecule has 5 heteroatoms. The lowest BCUT2D eigenvalue weighted by molar-refractivity contribution is 0.206. The molecule has 0 aliphatic rings. The standard InChI is InChI=1S/C15H20N4O/c1-12-6-4-5-7-14(12)9-16-15(20)18(2)10-13-8-17-19(3)11-13/h4-8,11H,9-10H2,1-3H3,(H,16,20). The van der Waals surface area contributed by atoms with Crippen molar-refractivity contribution >= 4 is 6.03 Å². The second-order valence-corrected chi connectivity index (χ2v) is 4.96. The van der Waals surface area contributed by atoms with Crippen LogP contribution >= 0.6 is 0 Å². The number of hydrogen-bond donors (Lipinski definition) is 1. The SMILES string of the molecule is Cc1ccccc1CNC(=O)N(C)Cc1cnn(C)c1. The molecule has 0 radical (unpaired) electrons. The second kappa shape index (κ2) is 6.23. The summed E-state index contributed by atoms with van der Waals surface area (Å²) in [6.45, 7) is 3.14. The first-order valence-corrected chi connectivity index (χ1v) is 6.57. The van der Waals surface area contributed by atoms with Crippen molar-refractivity contribution in [3.05, 3.63) is 53.3 Å². The van der Waals surface area contributed by atoms with Crippen LogP contribution in [0.5, 0.6) is 0 Å². The van der Waals surface area contributed by atoms with Crippen LogP contribution in [-0.4, -0.2) is 27.8 Å². The summed E-state index contributed by atoms with van der Waals surface area (Å²) in [5.74, 6) is 0. The van der Waals surface area contributed by atoms with Gasteiger partial charge in [0.1, 0.15) is 0 Å². The van der Waals surface area contributed by atoms with Gasteiger partial charge in [-0.2, -0.15) is 5.10 Å². The first-order valence-electron chi connectivity index (χ1n) is 6.57. The van der Waals surface area contributed by atoms with Crippen molar-refractivity contribution in [3.8, 4) is 0 Å². The number of nitrogens with one attached hydrogen (secondary N) is 1. The molecular weight excluding hydrogens is 252 g/mol. The molecule has 1 aromatic heterocycles. The van der Waals surface area contributed by atoms with E-state index >= 15 is 0 Å². The Kier molecular flexibility index (Phi) is 4.40. The van der Waals surface area contributed by atoms with E-state index in [1.165, 1.54) is 5.56 Å². The van der Waals surface area contributed by atoms with Crippen molar-refractivity contribution in [2.75, 3.05) is 7.05 Å². The zero-order valence-corrected chi connectivity index (χ0v) is 12.1. The fraction of sp³-hybridized carbons (Fsp3) is 0.333. The number of aryl methyl sites for hydroxylation is 2. The number of carbonyl (C=O) groups is 1. The van der Waals surface area contributed by atoms with Gasteiger partial charge in [-0.3, -0.25) is 4.68 Å². The molecule has 106 valence electrons. The predicted molar refractivity (Wildman–Crippen MR) is 78.1 cm³/mol. The minimum absolute atomic E-state index is 0.0860. The summed E-state index contributed by atoms with van der Waals surface area (Å²) in [5.41, 5.74) is 3.33. The van der Waals surface area contributed by atoms with Crippen LogP contribution in [0.4, 0.5) is 4.79 Å². The van der Waals surface area contributed by atoms with E-state index in [0.717, 1.165) is 11.1 Å². The normalized spacial score (nSPS) is 10.3. The highest BCUT2D eigenvalue weighted by Gasteiger charge is 2.10. The van der Waals surface area contributed by atoms with Gasteiger partial charge in [-0.05, 0) is 18.1 Å². The Labute approximate surface area is 119 Å². The van der Waals surface area contributed by atoms with E-state index in [-0.39, 0.29) is 6.03 Å². The quantitative estimate of drug-likeness (QED) is 0.926. The summed E-state index contributed by atoms with van der Waals surface area (Å²) in [6.07, 6.45) is 3.68. The molecule has 5 nitrogen and oxygen atoms in total. The Bertz CT molecular complexity index is 591. The van der Waals surface area contributed by atoms with Gasteiger partial charge in [0.2, 0.25) is 0 Å². The molecule has 2 amide bonds. The summed E-state index contributed by atoms with van der Waals surface area (Å²) in [6, 6.07) is 7.96. The van der Waals surface area contributed by atoms with E-state index in [2.05, 4.69) is 10.4 Å². The summed E-state index contributed by atoms with van der Waals surface area (Å²) in [4.78, 5) is 13.7. The van der Waals surface area contributed by atoms with Crippen molar-refractivity contribution in [1.82, 2.24) is 20.0 Å². The predicted octanol–water partition coefficient (Wildman–Crippen LogP) is 2.07. The van der Waals surface area contributed by atoms with E-state index < -0.39 is 0 Å². The summed E-state index contributed by atoms with van der Waals surface area (Å²) in [5, 5.41) is 7.02. The Morgan fingerprint density at radius 3 is 2.80 bits per heavy atom. The number of nitrogens with zero attached hydrogens (tertiary/aromatic N) is 3. The fourth-order valence-electron chi connectivity index (χ4n) is 2.01. The van der Waals surface area contributed by atoms with Crippen molar-refractivity contribution < 1.29 is 4.79 Å². The van der Waals surface area contributed by atoms with Crippen LogP contribution in [0.25, 0.3) is 0 Å². The molecule has 1 aromatic carbocycles. The summed E-state index contributed by atoms with van der Waals surface area (Å²) in [7, 11) is 3.64. The molecule has 1 heterocycles. The van der Waals surface area contributed by atoms with E-state index in [9.17, 15) is 4.79 Å². The van der Waals surface area contributed by atoms with Gasteiger partial charge in [-0.1, -0.05) is 24.3 Å². The molecule has 0 fully saturated rings. The Balaban J connectivity index is 1.87. The fourth-order valence-corrected chi connectivity index (χ4v) is 2.01. The maximum Gasteiger partial charge on any atom is 0.317 e. The van der Waals surface area contributed by atoms with Crippen molar-refractivity contribution in [3.63, 3.8) is 0 Å². The molecule has 1 N–H and O–H groups in total. The molecule has 2 rings (SSSR count). The zero-order chi connectivity index (χ0) is 14.5. The van der Waals surface area contributed by atoms with Crippen LogP contribution in [0, 0.1) is 6.92 Å². The highest BCUT2D eigenvalue weighted by atomic mass is 16.2. The maximum absolute atomic E-state index is 12.0. The number of carbonyl (C=O) groups excluding carboxylic acids is 1. The molecule has 0 spiro atoms. The zero-order valence-electron chi connectivity index (χ0n) is 12.1. The molecule has 0 bridgehead atoms. The monoisotopic (exact) mass is 272 g/mol. The highest BCUT2D eigenvalue weighted by molar-refractivity contribution is 5.73. The van der Waals surface area contributed by atoms with Gasteiger partial charge in [-0.15, -0.1) is 0 Å². The third-order valence-corrected chi connectivity index (χ3v) is 3.22. The number of aromatic nitrogens is 2. The van der Waals surface area contributed by atoms with Crippen molar-refractivity contribution in [1.29, 1.82) is 0 Å². The lowest BCUT2D eigenvalue weighted by atomic mass is 10.1. The van der Waals surface area contributed by atoms with Gasteiger partial charge in [0.25, 0.3) is 0 Å². The topological polar surface area (TPSA) is 50.2 Å². The summed E-state index contributed by atoms with van der Waals surface area (Å²) >= 11 is 0. The lowest BCUT2D eigenvalue weighted by Crippen LogP contribution is -2.36. The highest BCUT2D eigenvalue weighted by Crippen LogP contribution is 2.07. The van der Waals surface area contributed by atoms with Crippen LogP contribution in [0.1, 0.15) is 16.7 Å². The van der Waals surface area contributed by atoms with Gasteiger partial charge in [0.15, 0.2) is 0 Å². The number of rotatable bonds is 4. The van der Waals surface area contributed by atoms with Crippen molar-refractivity contribution in [2.24, 2.45) is 7.05 Å². The van der Waals surface area contributed by atoms with Crippen LogP contribution in [-0.2, 0) is 20.1 Å². The van der Waals surface area contributed by atoms with Crippen LogP contribution in [0.3, 0.4) is 0 Å². The maximum atomic E-state index is 12.0. The Morgan fingerprint density at radius 2 is 2.15 bits per heavy atom.